The van der Waals surface area contributed by atoms with Gasteiger partial charge in [0.1, 0.15) is 5.60 Å². The molecule has 0 N–H and O–H groups in total. The standard InChI is InChI=1S/C8H15O2.BrH.Zn/c1-5-6-7(9)10-8(2,3)4;;/h6H,5H2,1-4H3;1H;/q-1;;+2/p-1. The molecule has 0 saturated heterocycles. The monoisotopic (exact) mass is 286 g/mol. The average Bonchev–Trinajstić information content (AvgIpc) is 1.88. The van der Waals surface area contributed by atoms with Crippen molar-refractivity contribution in [1.29, 1.82) is 0 Å². The van der Waals surface area contributed by atoms with Gasteiger partial charge in [-0.25, -0.2) is 0 Å². The third-order valence-electron chi connectivity index (χ3n) is 0.778. The quantitative estimate of drug-likeness (QED) is 0.444. The maximum absolute atomic E-state index is 10.8. The van der Waals surface area contributed by atoms with E-state index < -0.39 is 0 Å². The second kappa shape index (κ2) is 8.06. The molecule has 0 heterocycles. The Morgan fingerprint density at radius 3 is 2.17 bits per heavy atom. The molecular formula is C8H15BrO2Zn. The van der Waals surface area contributed by atoms with Gasteiger partial charge in [0.15, 0.2) is 5.97 Å². The van der Waals surface area contributed by atoms with Gasteiger partial charge in [-0.1, -0.05) is 6.92 Å². The van der Waals surface area contributed by atoms with Crippen LogP contribution in [0.4, 0.5) is 0 Å². The number of hydrogen-bond acceptors (Lipinski definition) is 2. The van der Waals surface area contributed by atoms with Crippen LogP contribution in [-0.4, -0.2) is 11.6 Å². The molecule has 0 rings (SSSR count). The predicted octanol–water partition coefficient (Wildman–Crippen LogP) is 2.79. The second-order valence-corrected chi connectivity index (χ2v) is 3.15. The first kappa shape index (κ1) is 14.9. The minimum absolute atomic E-state index is 0.227. The molecule has 0 saturated carbocycles. The fourth-order valence-electron chi connectivity index (χ4n) is 0.510. The van der Waals surface area contributed by atoms with E-state index >= 15 is 0 Å². The third kappa shape index (κ3) is 13.1. The van der Waals surface area contributed by atoms with Crippen molar-refractivity contribution in [3.63, 3.8) is 0 Å². The van der Waals surface area contributed by atoms with Gasteiger partial charge in [-0.3, -0.25) is 11.2 Å². The zero-order chi connectivity index (χ0) is 10.2. The molecule has 2 nitrogen and oxygen atoms in total. The van der Waals surface area contributed by atoms with E-state index in [1.807, 2.05) is 27.7 Å². The van der Waals surface area contributed by atoms with Gasteiger partial charge in [-0.15, -0.1) is 0 Å². The third-order valence-corrected chi connectivity index (χ3v) is 0.778. The van der Waals surface area contributed by atoms with Crippen LogP contribution in [0.3, 0.4) is 0 Å². The van der Waals surface area contributed by atoms with E-state index in [4.69, 9.17) is 4.74 Å². The maximum atomic E-state index is 10.8. The Bertz CT molecular complexity index is 121. The Kier molecular flexibility index (Phi) is 10.0. The second-order valence-electron chi connectivity index (χ2n) is 3.15. The van der Waals surface area contributed by atoms with Crippen LogP contribution < -0.4 is 0 Å². The summed E-state index contributed by atoms with van der Waals surface area (Å²) in [6.07, 6.45) is 2.26. The van der Waals surface area contributed by atoms with Crippen molar-refractivity contribution in [2.75, 3.05) is 0 Å². The topological polar surface area (TPSA) is 26.3 Å². The molecule has 0 unspecified atom stereocenters. The van der Waals surface area contributed by atoms with Gasteiger partial charge in [-0.2, -0.15) is 6.42 Å². The minimum atomic E-state index is -0.358. The van der Waals surface area contributed by atoms with Crippen molar-refractivity contribution in [3.8, 4) is 0 Å². The number of halogens is 1. The van der Waals surface area contributed by atoms with Crippen molar-refractivity contribution in [1.82, 2.24) is 0 Å². The van der Waals surface area contributed by atoms with Gasteiger partial charge in [0, 0.05) is 0 Å². The summed E-state index contributed by atoms with van der Waals surface area (Å²) in [6, 6.07) is 0. The summed E-state index contributed by atoms with van der Waals surface area (Å²) in [5, 5.41) is 0. The van der Waals surface area contributed by atoms with Gasteiger partial charge in [0.2, 0.25) is 0 Å². The number of ether oxygens (including phenoxy) is 1. The molecule has 0 fully saturated rings. The van der Waals surface area contributed by atoms with Crippen molar-refractivity contribution < 1.29 is 25.9 Å². The summed E-state index contributed by atoms with van der Waals surface area (Å²) < 4.78 is 4.98. The molecule has 0 aliphatic carbocycles. The van der Waals surface area contributed by atoms with Crippen LogP contribution in [0.5, 0.6) is 0 Å². The Hall–Kier alpha value is 0.443. The van der Waals surface area contributed by atoms with Crippen LogP contribution in [0.15, 0.2) is 0 Å². The summed E-state index contributed by atoms with van der Waals surface area (Å²) in [5.41, 5.74) is -0.358. The van der Waals surface area contributed by atoms with Crippen LogP contribution in [0.2, 0.25) is 0 Å². The van der Waals surface area contributed by atoms with E-state index in [-0.39, 0.29) is 11.6 Å². The first-order chi connectivity index (χ1) is 5.45. The number of hydrogen-bond donors (Lipinski definition) is 0. The van der Waals surface area contributed by atoms with Gasteiger partial charge >= 0.3 is 30.0 Å². The van der Waals surface area contributed by atoms with E-state index in [0.717, 1.165) is 6.42 Å². The number of carbonyl (C=O) groups is 1. The molecule has 0 amide bonds. The summed E-state index contributed by atoms with van der Waals surface area (Å²) in [7, 11) is 0. The fourth-order valence-corrected chi connectivity index (χ4v) is 0.510. The molecular weight excluding hydrogens is 273 g/mol. The molecule has 0 aromatic rings. The Morgan fingerprint density at radius 2 is 1.92 bits per heavy atom. The molecule has 0 radical (unpaired) electrons. The summed E-state index contributed by atoms with van der Waals surface area (Å²) >= 11 is 4.25. The summed E-state index contributed by atoms with van der Waals surface area (Å²) in [6.45, 7) is 7.47. The molecule has 0 aliphatic rings. The van der Waals surface area contributed by atoms with Crippen LogP contribution in [0, 0.1) is 6.42 Å². The van der Waals surface area contributed by atoms with Crippen LogP contribution >= 0.6 is 13.6 Å². The normalized spacial score (nSPS) is 9.58. The average molecular weight is 288 g/mol. The Balaban J connectivity index is 0. The summed E-state index contributed by atoms with van der Waals surface area (Å²) in [4.78, 5) is 10.8. The molecule has 0 atom stereocenters. The first-order valence-corrected chi connectivity index (χ1v) is 10.7. The SMILES string of the molecule is CC[CH-]C(=O)OC(C)(C)C.[Zn+][Br]. The van der Waals surface area contributed by atoms with E-state index in [1.165, 1.54) is 22.8 Å². The van der Waals surface area contributed by atoms with Gasteiger partial charge < -0.3 is 4.74 Å². The molecule has 0 bridgehead atoms. The molecule has 0 spiro atoms. The van der Waals surface area contributed by atoms with Crippen molar-refractivity contribution in [3.05, 3.63) is 6.42 Å². The van der Waals surface area contributed by atoms with Crippen LogP contribution in [-0.2, 0) is 25.9 Å². The fraction of sp³-hybridized carbons (Fsp3) is 0.750. The van der Waals surface area contributed by atoms with Crippen LogP contribution in [0.25, 0.3) is 0 Å². The van der Waals surface area contributed by atoms with E-state index in [1.54, 1.807) is 0 Å². The number of esters is 1. The van der Waals surface area contributed by atoms with E-state index in [0.29, 0.717) is 0 Å². The van der Waals surface area contributed by atoms with Gasteiger partial charge in [0.25, 0.3) is 0 Å². The van der Waals surface area contributed by atoms with Crippen molar-refractivity contribution in [2.24, 2.45) is 0 Å². The predicted molar refractivity (Wildman–Crippen MR) is 49.4 cm³/mol. The van der Waals surface area contributed by atoms with Crippen LogP contribution in [0.1, 0.15) is 34.1 Å². The van der Waals surface area contributed by atoms with Gasteiger partial charge in [-0.05, 0) is 20.8 Å². The van der Waals surface area contributed by atoms with Gasteiger partial charge in [0.05, 0.1) is 0 Å². The first-order valence-electron chi connectivity index (χ1n) is 3.78. The Labute approximate surface area is 91.5 Å². The molecule has 12 heavy (non-hydrogen) atoms. The molecule has 68 valence electrons. The number of carbonyl (C=O) groups excluding carboxylic acids is 1. The zero-order valence-electron chi connectivity index (χ0n) is 8.19. The van der Waals surface area contributed by atoms with Crippen molar-refractivity contribution >= 4 is 19.6 Å². The Morgan fingerprint density at radius 1 is 1.50 bits per heavy atom. The van der Waals surface area contributed by atoms with E-state index in [2.05, 4.69) is 13.6 Å². The zero-order valence-corrected chi connectivity index (χ0v) is 12.7. The molecule has 0 aliphatic heterocycles. The summed E-state index contributed by atoms with van der Waals surface area (Å²) in [5.74, 6) is -0.227. The van der Waals surface area contributed by atoms with Crippen molar-refractivity contribution in [2.45, 2.75) is 39.7 Å². The molecule has 0 aromatic heterocycles. The number of rotatable bonds is 2. The van der Waals surface area contributed by atoms with E-state index in [9.17, 15) is 4.79 Å². The molecule has 0 aromatic carbocycles. The molecule has 4 heteroatoms.